The summed E-state index contributed by atoms with van der Waals surface area (Å²) >= 11 is 5.77. The number of aromatic amines is 1. The van der Waals surface area contributed by atoms with E-state index in [1.807, 2.05) is 0 Å². The first-order valence-electron chi connectivity index (χ1n) is 6.92. The summed E-state index contributed by atoms with van der Waals surface area (Å²) in [4.78, 5) is -0.0502. The molecule has 0 bridgehead atoms. The Balaban J connectivity index is 2.09. The molecule has 2 unspecified atom stereocenters. The average molecular weight is 362 g/mol. The molecule has 0 saturated carbocycles. The molecule has 0 fully saturated rings. The van der Waals surface area contributed by atoms with Crippen LogP contribution in [0.3, 0.4) is 0 Å². The minimum absolute atomic E-state index is 0.0502. The van der Waals surface area contributed by atoms with Gasteiger partial charge in [0.15, 0.2) is 0 Å². The second kappa shape index (κ2) is 6.18. The molecule has 0 spiro atoms. The van der Waals surface area contributed by atoms with Gasteiger partial charge < -0.3 is 0 Å². The van der Waals surface area contributed by atoms with Crippen LogP contribution in [0, 0.1) is 0 Å². The highest BCUT2D eigenvalue weighted by Crippen LogP contribution is 2.37. The molecule has 0 saturated heterocycles. The lowest BCUT2D eigenvalue weighted by atomic mass is 9.97. The molecule has 2 atom stereocenters. The van der Waals surface area contributed by atoms with Crippen molar-refractivity contribution in [1.82, 2.24) is 14.5 Å². The van der Waals surface area contributed by atoms with E-state index in [0.29, 0.717) is 16.3 Å². The van der Waals surface area contributed by atoms with Crippen LogP contribution in [-0.2, 0) is 16.4 Å². The highest BCUT2D eigenvalue weighted by Gasteiger charge is 2.43. The Bertz CT molecular complexity index is 795. The summed E-state index contributed by atoms with van der Waals surface area (Å²) in [5.74, 6) is 0. The molecule has 2 aromatic rings. The Kier molecular flexibility index (Phi) is 4.39. The summed E-state index contributed by atoms with van der Waals surface area (Å²) in [7, 11) is -4.07. The number of H-pyrrole nitrogens is 1. The van der Waals surface area contributed by atoms with Crippen molar-refractivity contribution in [3.05, 3.63) is 46.7 Å². The first-order chi connectivity index (χ1) is 11.0. The number of sulfonamides is 1. The number of hydrogen-bond acceptors (Lipinski definition) is 3. The zero-order valence-electron chi connectivity index (χ0n) is 11.9. The number of hydrogen-bond donors (Lipinski definition) is 1. The Morgan fingerprint density at radius 2 is 1.96 bits per heavy atom. The molecule has 3 rings (SSSR count). The number of fused-ring (bicyclic) bond motifs is 1. The van der Waals surface area contributed by atoms with E-state index in [9.17, 15) is 17.2 Å². The van der Waals surface area contributed by atoms with Gasteiger partial charge in [-0.25, -0.2) is 17.2 Å². The van der Waals surface area contributed by atoms with Gasteiger partial charge in [0.2, 0.25) is 10.0 Å². The smallest absolute Gasteiger partial charge is 0.244 e. The molecule has 23 heavy (non-hydrogen) atoms. The summed E-state index contributed by atoms with van der Waals surface area (Å²) in [6.07, 6.45) is 1.51. The minimum Gasteiger partial charge on any atom is -0.282 e. The highest BCUT2D eigenvalue weighted by molar-refractivity contribution is 7.89. The Morgan fingerprint density at radius 3 is 2.57 bits per heavy atom. The second-order valence-electron chi connectivity index (χ2n) is 5.28. The lowest BCUT2D eigenvalue weighted by Gasteiger charge is -2.38. The van der Waals surface area contributed by atoms with Crippen molar-refractivity contribution in [3.8, 4) is 0 Å². The fraction of sp³-hybridized carbons (Fsp3) is 0.357. The maximum absolute atomic E-state index is 13.6. The largest absolute Gasteiger partial charge is 0.282 e. The van der Waals surface area contributed by atoms with Crippen LogP contribution < -0.4 is 0 Å². The highest BCUT2D eigenvalue weighted by atomic mass is 35.5. The van der Waals surface area contributed by atoms with Gasteiger partial charge in [-0.05, 0) is 24.3 Å². The standard InChI is InChI=1S/C14H14ClF2N3O2S/c15-9-1-3-11(4-2-9)23(21,22)20-10(6-16)5-13-12(8-18-19-13)14(20)7-17/h1-4,8,10,14H,5-7H2,(H,18,19). The SMILES string of the molecule is O=S(=O)(c1ccc(Cl)cc1)N1C(CF)Cc2[nH]ncc2C1CF. The number of halogens is 3. The average Bonchev–Trinajstić information content (AvgIpc) is 3.01. The van der Waals surface area contributed by atoms with Crippen LogP contribution in [-0.4, -0.2) is 42.3 Å². The summed E-state index contributed by atoms with van der Waals surface area (Å²) in [6.45, 7) is -1.88. The van der Waals surface area contributed by atoms with Gasteiger partial charge in [-0.1, -0.05) is 11.6 Å². The van der Waals surface area contributed by atoms with E-state index in [-0.39, 0.29) is 11.3 Å². The Morgan fingerprint density at radius 1 is 1.26 bits per heavy atom. The van der Waals surface area contributed by atoms with E-state index in [4.69, 9.17) is 11.6 Å². The molecular formula is C14H14ClF2N3O2S. The van der Waals surface area contributed by atoms with E-state index in [2.05, 4.69) is 10.2 Å². The molecular weight excluding hydrogens is 348 g/mol. The number of alkyl halides is 2. The fourth-order valence-electron chi connectivity index (χ4n) is 2.86. The van der Waals surface area contributed by atoms with E-state index >= 15 is 0 Å². The lowest BCUT2D eigenvalue weighted by Crippen LogP contribution is -2.48. The summed E-state index contributed by atoms with van der Waals surface area (Å²) in [5.41, 5.74) is 1.01. The molecule has 1 aliphatic rings. The van der Waals surface area contributed by atoms with E-state index in [1.165, 1.54) is 30.5 Å². The van der Waals surface area contributed by atoms with E-state index < -0.39 is 35.5 Å². The van der Waals surface area contributed by atoms with Gasteiger partial charge in [-0.15, -0.1) is 0 Å². The van der Waals surface area contributed by atoms with Gasteiger partial charge in [0.25, 0.3) is 0 Å². The van der Waals surface area contributed by atoms with Crippen molar-refractivity contribution >= 4 is 21.6 Å². The first-order valence-corrected chi connectivity index (χ1v) is 8.74. The van der Waals surface area contributed by atoms with Crippen molar-refractivity contribution in [3.63, 3.8) is 0 Å². The third kappa shape index (κ3) is 2.75. The molecule has 9 heteroatoms. The number of nitrogens with zero attached hydrogens (tertiary/aromatic N) is 2. The normalized spacial score (nSPS) is 22.0. The summed E-state index contributed by atoms with van der Waals surface area (Å²) < 4.78 is 53.8. The lowest BCUT2D eigenvalue weighted by molar-refractivity contribution is 0.168. The molecule has 1 aliphatic heterocycles. The van der Waals surface area contributed by atoms with Crippen LogP contribution >= 0.6 is 11.6 Å². The number of aromatic nitrogens is 2. The van der Waals surface area contributed by atoms with Crippen LogP contribution in [0.5, 0.6) is 0 Å². The van der Waals surface area contributed by atoms with Crippen LogP contribution in [0.25, 0.3) is 0 Å². The molecule has 0 radical (unpaired) electrons. The van der Waals surface area contributed by atoms with Gasteiger partial charge in [-0.2, -0.15) is 9.40 Å². The minimum atomic E-state index is -4.07. The maximum atomic E-state index is 13.6. The summed E-state index contributed by atoms with van der Waals surface area (Å²) in [6, 6.07) is 3.43. The quantitative estimate of drug-likeness (QED) is 0.910. The molecule has 5 nitrogen and oxygen atoms in total. The van der Waals surface area contributed by atoms with Crippen molar-refractivity contribution < 1.29 is 17.2 Å². The van der Waals surface area contributed by atoms with Crippen LogP contribution in [0.4, 0.5) is 8.78 Å². The topological polar surface area (TPSA) is 66.1 Å². The molecule has 1 aromatic heterocycles. The van der Waals surface area contributed by atoms with Crippen molar-refractivity contribution in [2.24, 2.45) is 0 Å². The van der Waals surface area contributed by atoms with Crippen LogP contribution in [0.15, 0.2) is 35.4 Å². The van der Waals surface area contributed by atoms with Gasteiger partial charge in [-0.3, -0.25) is 5.10 Å². The van der Waals surface area contributed by atoms with Gasteiger partial charge >= 0.3 is 0 Å². The predicted octanol–water partition coefficient (Wildman–Crippen LogP) is 2.66. The molecule has 2 heterocycles. The maximum Gasteiger partial charge on any atom is 0.244 e. The molecule has 124 valence electrons. The van der Waals surface area contributed by atoms with Gasteiger partial charge in [0.1, 0.15) is 13.3 Å². The monoisotopic (exact) mass is 361 g/mol. The Labute approximate surface area is 137 Å². The zero-order chi connectivity index (χ0) is 16.6. The van der Waals surface area contributed by atoms with Gasteiger partial charge in [0, 0.05) is 22.7 Å². The molecule has 0 amide bonds. The summed E-state index contributed by atoms with van der Waals surface area (Å²) in [5, 5.41) is 6.88. The number of benzene rings is 1. The number of nitrogens with one attached hydrogen (secondary N) is 1. The first kappa shape index (κ1) is 16.4. The fourth-order valence-corrected chi connectivity index (χ4v) is 4.73. The third-order valence-electron chi connectivity index (χ3n) is 3.93. The molecule has 0 aliphatic carbocycles. The Hall–Kier alpha value is -1.51. The van der Waals surface area contributed by atoms with E-state index in [0.717, 1.165) is 4.31 Å². The van der Waals surface area contributed by atoms with Crippen molar-refractivity contribution in [2.45, 2.75) is 23.4 Å². The van der Waals surface area contributed by atoms with Crippen LogP contribution in [0.1, 0.15) is 17.3 Å². The third-order valence-corrected chi connectivity index (χ3v) is 6.16. The van der Waals surface area contributed by atoms with Gasteiger partial charge in [0.05, 0.1) is 23.2 Å². The number of rotatable bonds is 4. The van der Waals surface area contributed by atoms with Crippen molar-refractivity contribution in [2.75, 3.05) is 13.3 Å². The zero-order valence-corrected chi connectivity index (χ0v) is 13.5. The van der Waals surface area contributed by atoms with E-state index in [1.54, 1.807) is 0 Å². The van der Waals surface area contributed by atoms with Crippen LogP contribution in [0.2, 0.25) is 5.02 Å². The molecule has 1 aromatic carbocycles. The van der Waals surface area contributed by atoms with Crippen molar-refractivity contribution in [1.29, 1.82) is 0 Å². The second-order valence-corrected chi connectivity index (χ2v) is 7.55. The molecule has 1 N–H and O–H groups in total. The predicted molar refractivity (Wildman–Crippen MR) is 81.2 cm³/mol.